The predicted molar refractivity (Wildman–Crippen MR) is 179 cm³/mol. The van der Waals surface area contributed by atoms with Crippen LogP contribution in [0.1, 0.15) is 45.4 Å². The van der Waals surface area contributed by atoms with Gasteiger partial charge in [-0.3, -0.25) is 14.4 Å². The van der Waals surface area contributed by atoms with Crippen molar-refractivity contribution >= 4 is 40.7 Å². The second-order valence-corrected chi connectivity index (χ2v) is 12.5. The molecule has 5 rings (SSSR count). The first kappa shape index (κ1) is 33.7. The van der Waals surface area contributed by atoms with E-state index in [1.54, 1.807) is 51.1 Å². The molecule has 2 unspecified atom stereocenters. The molecule has 3 aliphatic heterocycles. The van der Waals surface area contributed by atoms with E-state index in [9.17, 15) is 19.5 Å². The molecule has 2 bridgehead atoms. The van der Waals surface area contributed by atoms with Gasteiger partial charge >= 0.3 is 0 Å². The van der Waals surface area contributed by atoms with Gasteiger partial charge < -0.3 is 29.3 Å². The minimum absolute atomic E-state index is 0.112. The Balaban J connectivity index is 1.50. The van der Waals surface area contributed by atoms with Gasteiger partial charge in [0.15, 0.2) is 0 Å². The van der Waals surface area contributed by atoms with Crippen molar-refractivity contribution in [3.05, 3.63) is 78.9 Å². The average molecular weight is 650 g/mol. The number of hydrogen-bond donors (Lipinski definition) is 1. The van der Waals surface area contributed by atoms with Crippen molar-refractivity contribution in [3.63, 3.8) is 0 Å². The molecule has 10 heteroatoms. The van der Waals surface area contributed by atoms with Gasteiger partial charge in [-0.1, -0.05) is 36.6 Å². The van der Waals surface area contributed by atoms with E-state index in [0.29, 0.717) is 61.0 Å². The van der Waals surface area contributed by atoms with E-state index in [2.05, 4.69) is 13.2 Å². The molecule has 3 heterocycles. The van der Waals surface area contributed by atoms with E-state index in [4.69, 9.17) is 21.1 Å². The van der Waals surface area contributed by atoms with Gasteiger partial charge in [-0.05, 0) is 81.1 Å². The number of unbranched alkanes of at least 4 members (excludes halogenated alkanes) is 3. The van der Waals surface area contributed by atoms with Gasteiger partial charge in [-0.25, -0.2) is 0 Å². The lowest BCUT2D eigenvalue weighted by Gasteiger charge is -2.37. The number of halogens is 1. The number of carbonyl (C=O) groups excluding carboxylic acids is 3. The van der Waals surface area contributed by atoms with E-state index in [1.165, 1.54) is 0 Å². The summed E-state index contributed by atoms with van der Waals surface area (Å²) >= 11 is 6.16. The number of fused-ring (bicyclic) bond motifs is 1. The third kappa shape index (κ3) is 6.33. The molecule has 1 N–H and O–H groups in total. The lowest BCUT2D eigenvalue weighted by molar-refractivity contribution is -0.140. The van der Waals surface area contributed by atoms with Crippen LogP contribution in [0.3, 0.4) is 0 Å². The summed E-state index contributed by atoms with van der Waals surface area (Å²) < 4.78 is 12.3. The molecular weight excluding hydrogens is 606 g/mol. The Bertz CT molecular complexity index is 1420. The summed E-state index contributed by atoms with van der Waals surface area (Å²) in [6.45, 7) is 11.1. The first-order valence-corrected chi connectivity index (χ1v) is 16.6. The molecular formula is C36H44ClN3O6. The van der Waals surface area contributed by atoms with Crippen LogP contribution < -0.4 is 14.5 Å². The van der Waals surface area contributed by atoms with E-state index >= 15 is 0 Å². The fourth-order valence-electron chi connectivity index (χ4n) is 7.44. The molecule has 46 heavy (non-hydrogen) atoms. The van der Waals surface area contributed by atoms with Crippen LogP contribution in [0.15, 0.2) is 73.8 Å². The molecule has 3 fully saturated rings. The van der Waals surface area contributed by atoms with Crippen molar-refractivity contribution in [2.45, 2.75) is 63.2 Å². The van der Waals surface area contributed by atoms with Gasteiger partial charge in [0.25, 0.3) is 5.91 Å². The minimum Gasteiger partial charge on any atom is -0.494 e. The molecule has 0 saturated carbocycles. The number of aliphatic hydroxyl groups excluding tert-OH is 1. The topological polar surface area (TPSA) is 99.6 Å². The maximum atomic E-state index is 14.7. The number of anilines is 2. The number of carbonyl (C=O) groups is 3. The summed E-state index contributed by atoms with van der Waals surface area (Å²) in [6.07, 6.45) is 6.87. The van der Waals surface area contributed by atoms with Gasteiger partial charge in [-0.2, -0.15) is 0 Å². The summed E-state index contributed by atoms with van der Waals surface area (Å²) in [5.74, 6) is -1.55. The number of nitrogens with zero attached hydrogens (tertiary/aromatic N) is 3. The van der Waals surface area contributed by atoms with Crippen LogP contribution in [0.25, 0.3) is 0 Å². The second-order valence-electron chi connectivity index (χ2n) is 12.1. The normalized spacial score (nSPS) is 24.5. The van der Waals surface area contributed by atoms with Crippen LogP contribution in [0.5, 0.6) is 5.75 Å². The van der Waals surface area contributed by atoms with Crippen molar-refractivity contribution in [2.24, 2.45) is 11.8 Å². The Morgan fingerprint density at radius 1 is 1.00 bits per heavy atom. The summed E-state index contributed by atoms with van der Waals surface area (Å²) in [5.41, 5.74) is 0.176. The number of hydrogen-bond acceptors (Lipinski definition) is 6. The van der Waals surface area contributed by atoms with Crippen molar-refractivity contribution < 1.29 is 29.0 Å². The highest BCUT2D eigenvalue weighted by Gasteiger charge is 2.74. The number of likely N-dealkylation sites (tertiary alicyclic amines) is 1. The van der Waals surface area contributed by atoms with Crippen LogP contribution in [0.2, 0.25) is 5.02 Å². The summed E-state index contributed by atoms with van der Waals surface area (Å²) in [6, 6.07) is 13.4. The molecule has 3 aliphatic rings. The predicted octanol–water partition coefficient (Wildman–Crippen LogP) is 5.40. The molecule has 246 valence electrons. The first-order valence-electron chi connectivity index (χ1n) is 16.2. The van der Waals surface area contributed by atoms with Crippen LogP contribution in [0.4, 0.5) is 11.4 Å². The zero-order valence-electron chi connectivity index (χ0n) is 26.5. The molecule has 0 radical (unpaired) electrons. The Labute approximate surface area is 276 Å². The summed E-state index contributed by atoms with van der Waals surface area (Å²) in [7, 11) is 0. The number of benzene rings is 2. The highest BCUT2D eigenvalue weighted by atomic mass is 35.5. The van der Waals surface area contributed by atoms with Gasteiger partial charge in [0, 0.05) is 42.6 Å². The molecule has 5 atom stereocenters. The number of rotatable bonds is 16. The van der Waals surface area contributed by atoms with Gasteiger partial charge in [0.05, 0.1) is 24.5 Å². The van der Waals surface area contributed by atoms with Crippen molar-refractivity contribution in [3.8, 4) is 5.75 Å². The molecule has 3 amide bonds. The smallest absolute Gasteiger partial charge is 0.253 e. The van der Waals surface area contributed by atoms with Crippen LogP contribution in [0, 0.1) is 11.8 Å². The number of ether oxygens (including phenoxy) is 2. The van der Waals surface area contributed by atoms with Crippen LogP contribution in [-0.2, 0) is 19.1 Å². The van der Waals surface area contributed by atoms with E-state index in [0.717, 1.165) is 12.8 Å². The largest absolute Gasteiger partial charge is 0.494 e. The van der Waals surface area contributed by atoms with Crippen LogP contribution >= 0.6 is 11.6 Å². The summed E-state index contributed by atoms with van der Waals surface area (Å²) in [5, 5.41) is 9.78. The number of amides is 3. The van der Waals surface area contributed by atoms with Crippen molar-refractivity contribution in [1.82, 2.24) is 4.90 Å². The van der Waals surface area contributed by atoms with Gasteiger partial charge in [0.1, 0.15) is 17.4 Å². The molecule has 0 aliphatic carbocycles. The van der Waals surface area contributed by atoms with E-state index in [1.807, 2.05) is 31.2 Å². The average Bonchev–Trinajstić information content (AvgIpc) is 3.70. The lowest BCUT2D eigenvalue weighted by Crippen LogP contribution is -2.56. The molecule has 1 spiro atoms. The Kier molecular flexibility index (Phi) is 10.9. The highest BCUT2D eigenvalue weighted by molar-refractivity contribution is 6.30. The SMILES string of the molecule is C=CCN(C(=O)C1N(CCCCCCO)C(=O)[C@@H]2[C@H](C(=O)N(CC=C)c3ccc(OCC)cc3)[C@@H]3CCC12O3)c1ccc(Cl)cc1. The van der Waals surface area contributed by atoms with Gasteiger partial charge in [0.2, 0.25) is 11.8 Å². The molecule has 2 aromatic rings. The molecule has 2 aromatic carbocycles. The van der Waals surface area contributed by atoms with Gasteiger partial charge in [-0.15, -0.1) is 13.2 Å². The second kappa shape index (κ2) is 14.8. The van der Waals surface area contributed by atoms with Crippen molar-refractivity contribution in [1.29, 1.82) is 0 Å². The zero-order valence-corrected chi connectivity index (χ0v) is 27.2. The quantitative estimate of drug-likeness (QED) is 0.193. The third-order valence-corrected chi connectivity index (χ3v) is 9.63. The zero-order chi connectivity index (χ0) is 32.8. The molecule has 9 nitrogen and oxygen atoms in total. The van der Waals surface area contributed by atoms with E-state index < -0.39 is 29.6 Å². The Hall–Kier alpha value is -3.66. The fraction of sp³-hybridized carbons (Fsp3) is 0.472. The van der Waals surface area contributed by atoms with E-state index in [-0.39, 0.29) is 37.4 Å². The molecule has 3 saturated heterocycles. The monoisotopic (exact) mass is 649 g/mol. The maximum absolute atomic E-state index is 14.7. The summed E-state index contributed by atoms with van der Waals surface area (Å²) in [4.78, 5) is 48.6. The molecule has 0 aromatic heterocycles. The number of aliphatic hydroxyl groups is 1. The van der Waals surface area contributed by atoms with Crippen molar-refractivity contribution in [2.75, 3.05) is 42.6 Å². The highest BCUT2D eigenvalue weighted by Crippen LogP contribution is 2.59. The Morgan fingerprint density at radius 3 is 2.22 bits per heavy atom. The first-order chi connectivity index (χ1) is 22.3. The standard InChI is InChI=1S/C36H44ClN3O6/c1-4-21-38(27-15-17-28(18-16-27)45-6-3)33(42)30-29-19-20-36(46-29)31(30)34(43)40(23-9-7-8-10-24-41)32(36)35(44)39(22-5-2)26-13-11-25(37)12-14-26/h4-5,11-18,29-32,41H,1-2,6-10,19-24H2,3H3/t29-,30+,31-,32?,36?/m0/s1. The van der Waals surface area contributed by atoms with Crippen LogP contribution in [-0.4, -0.2) is 78.3 Å². The Morgan fingerprint density at radius 2 is 1.61 bits per heavy atom. The fourth-order valence-corrected chi connectivity index (χ4v) is 7.57. The lowest BCUT2D eigenvalue weighted by atomic mass is 9.70. The third-order valence-electron chi connectivity index (χ3n) is 9.38. The maximum Gasteiger partial charge on any atom is 0.253 e. The minimum atomic E-state index is -1.13.